The molecule has 0 bridgehead atoms. The lowest BCUT2D eigenvalue weighted by molar-refractivity contribution is 0.276. The number of anilines is 2. The van der Waals surface area contributed by atoms with E-state index in [9.17, 15) is 5.11 Å². The van der Waals surface area contributed by atoms with Crippen LogP contribution < -0.4 is 5.32 Å². The fourth-order valence-corrected chi connectivity index (χ4v) is 4.75. The number of nitrogens with one attached hydrogen (secondary N) is 1. The molecule has 0 atom stereocenters. The van der Waals surface area contributed by atoms with Gasteiger partial charge in [-0.25, -0.2) is 19.6 Å². The number of aliphatic hydroxyl groups excluding tert-OH is 1. The second-order valence-corrected chi connectivity index (χ2v) is 8.61. The summed E-state index contributed by atoms with van der Waals surface area (Å²) in [6.45, 7) is 4.84. The summed E-state index contributed by atoms with van der Waals surface area (Å²) in [5.41, 5.74) is 6.39. The van der Waals surface area contributed by atoms with Crippen molar-refractivity contribution in [3.8, 4) is 17.1 Å². The Balaban J connectivity index is 1.43. The normalized spacial score (nSPS) is 13.0. The average molecular weight is 436 g/mol. The quantitative estimate of drug-likeness (QED) is 0.455. The number of pyridine rings is 1. The molecule has 1 aliphatic rings. The van der Waals surface area contributed by atoms with Crippen LogP contribution in [0.4, 0.5) is 10.9 Å². The summed E-state index contributed by atoms with van der Waals surface area (Å²) >= 11 is 1.55. The Morgan fingerprint density at radius 3 is 2.87 bits per heavy atom. The van der Waals surface area contributed by atoms with Crippen LogP contribution in [0.15, 0.2) is 30.0 Å². The van der Waals surface area contributed by atoms with Crippen molar-refractivity contribution in [1.29, 1.82) is 0 Å². The lowest BCUT2D eigenvalue weighted by Gasteiger charge is -2.09. The van der Waals surface area contributed by atoms with E-state index in [-0.39, 0.29) is 6.61 Å². The van der Waals surface area contributed by atoms with Crippen molar-refractivity contribution in [3.05, 3.63) is 52.7 Å². The number of imidazole rings is 1. The van der Waals surface area contributed by atoms with Gasteiger partial charge in [0, 0.05) is 23.7 Å². The van der Waals surface area contributed by atoms with Gasteiger partial charge in [-0.15, -0.1) is 11.3 Å². The maximum Gasteiger partial charge on any atom is 0.188 e. The molecule has 0 radical (unpaired) electrons. The zero-order chi connectivity index (χ0) is 21.4. The minimum absolute atomic E-state index is 0.155. The monoisotopic (exact) mass is 435 g/mol. The molecule has 0 aromatic carbocycles. The Hall–Kier alpha value is -3.04. The highest BCUT2D eigenvalue weighted by Crippen LogP contribution is 2.33. The van der Waals surface area contributed by atoms with Crippen LogP contribution in [0.1, 0.15) is 42.4 Å². The van der Waals surface area contributed by atoms with Crippen molar-refractivity contribution in [2.75, 3.05) is 5.32 Å². The first-order valence-corrected chi connectivity index (χ1v) is 11.5. The number of rotatable bonds is 7. The molecule has 1 aliphatic carbocycles. The van der Waals surface area contributed by atoms with Gasteiger partial charge in [-0.2, -0.15) is 5.10 Å². The second-order valence-electron chi connectivity index (χ2n) is 7.76. The number of aliphatic hydroxyl groups is 1. The fraction of sp³-hybridized carbons (Fsp3) is 0.364. The molecule has 4 aromatic heterocycles. The smallest absolute Gasteiger partial charge is 0.188 e. The minimum atomic E-state index is -0.155. The van der Waals surface area contributed by atoms with E-state index in [4.69, 9.17) is 10.1 Å². The second kappa shape index (κ2) is 8.24. The summed E-state index contributed by atoms with van der Waals surface area (Å²) in [4.78, 5) is 13.7. The van der Waals surface area contributed by atoms with E-state index in [1.54, 1.807) is 17.7 Å². The molecule has 0 spiro atoms. The number of hydrogen-bond acceptors (Lipinski definition) is 7. The highest BCUT2D eigenvalue weighted by atomic mass is 32.1. The third kappa shape index (κ3) is 3.75. The highest BCUT2D eigenvalue weighted by Gasteiger charge is 2.23. The van der Waals surface area contributed by atoms with Crippen LogP contribution in [0, 0.1) is 6.92 Å². The molecule has 0 aliphatic heterocycles. The maximum absolute atomic E-state index is 9.87. The number of nitrogens with zero attached hydrogens (tertiary/aromatic N) is 6. The highest BCUT2D eigenvalue weighted by molar-refractivity contribution is 7.14. The summed E-state index contributed by atoms with van der Waals surface area (Å²) < 4.78 is 3.95. The third-order valence-corrected chi connectivity index (χ3v) is 6.25. The van der Waals surface area contributed by atoms with Crippen molar-refractivity contribution >= 4 is 22.3 Å². The van der Waals surface area contributed by atoms with E-state index in [0.29, 0.717) is 5.69 Å². The van der Waals surface area contributed by atoms with Gasteiger partial charge in [-0.1, -0.05) is 6.92 Å². The summed E-state index contributed by atoms with van der Waals surface area (Å²) in [6.07, 6.45) is 7.97. The number of aryl methyl sites for hydroxylation is 3. The van der Waals surface area contributed by atoms with Crippen molar-refractivity contribution in [2.45, 2.75) is 52.7 Å². The van der Waals surface area contributed by atoms with Gasteiger partial charge in [0.05, 0.1) is 41.4 Å². The van der Waals surface area contributed by atoms with Crippen molar-refractivity contribution < 1.29 is 5.11 Å². The van der Waals surface area contributed by atoms with Crippen LogP contribution in [0.2, 0.25) is 0 Å². The van der Waals surface area contributed by atoms with Crippen LogP contribution in [0.25, 0.3) is 17.1 Å². The molecule has 0 fully saturated rings. The van der Waals surface area contributed by atoms with E-state index >= 15 is 0 Å². The van der Waals surface area contributed by atoms with Crippen LogP contribution in [-0.4, -0.2) is 34.4 Å². The van der Waals surface area contributed by atoms with Crippen LogP contribution in [0.3, 0.4) is 0 Å². The first-order valence-electron chi connectivity index (χ1n) is 10.6. The number of fused-ring (bicyclic) bond motifs is 1. The van der Waals surface area contributed by atoms with Gasteiger partial charge in [0.25, 0.3) is 0 Å². The lowest BCUT2D eigenvalue weighted by atomic mass is 10.2. The van der Waals surface area contributed by atoms with Crippen molar-refractivity contribution in [2.24, 2.45) is 0 Å². The van der Waals surface area contributed by atoms with Gasteiger partial charge < -0.3 is 15.0 Å². The topological polar surface area (TPSA) is 93.7 Å². The molecule has 8 nitrogen and oxygen atoms in total. The molecule has 2 N–H and O–H groups in total. The molecular formula is C22H25N7OS. The van der Waals surface area contributed by atoms with E-state index < -0.39 is 0 Å². The number of thiazole rings is 1. The molecule has 0 saturated carbocycles. The Labute approximate surface area is 184 Å². The standard InChI is InChI=1S/C22H25N7OS/c1-3-9-29-21(15-5-4-6-16(15)27-29)26-22-25-19(12-31-22)17-7-8-20(18(11-30)24-17)28-10-14(2)23-13-28/h7-8,10,12-13,30H,3-6,9,11H2,1-2H3,(H,25,26). The Bertz CT molecular complexity index is 1220. The third-order valence-electron chi connectivity index (χ3n) is 5.49. The Morgan fingerprint density at radius 2 is 2.10 bits per heavy atom. The van der Waals surface area contributed by atoms with Gasteiger partial charge in [0.15, 0.2) is 5.13 Å². The summed E-state index contributed by atoms with van der Waals surface area (Å²) in [5, 5.41) is 21.0. The average Bonchev–Trinajstić information content (AvgIpc) is 3.55. The molecule has 0 unspecified atom stereocenters. The van der Waals surface area contributed by atoms with E-state index in [1.807, 2.05) is 35.2 Å². The molecule has 31 heavy (non-hydrogen) atoms. The van der Waals surface area contributed by atoms with Gasteiger partial charge in [0.2, 0.25) is 0 Å². The van der Waals surface area contributed by atoms with E-state index in [2.05, 4.69) is 26.9 Å². The maximum atomic E-state index is 9.87. The first kappa shape index (κ1) is 19.9. The molecule has 4 heterocycles. The Morgan fingerprint density at radius 1 is 1.19 bits per heavy atom. The molecule has 5 rings (SSSR count). The minimum Gasteiger partial charge on any atom is -0.390 e. The largest absolute Gasteiger partial charge is 0.390 e. The van der Waals surface area contributed by atoms with Gasteiger partial charge in [-0.05, 0) is 44.7 Å². The number of aromatic nitrogens is 6. The summed E-state index contributed by atoms with van der Waals surface area (Å²) in [5.74, 6) is 1.07. The van der Waals surface area contributed by atoms with Crippen LogP contribution in [-0.2, 0) is 26.0 Å². The van der Waals surface area contributed by atoms with Crippen molar-refractivity contribution in [3.63, 3.8) is 0 Å². The zero-order valence-electron chi connectivity index (χ0n) is 17.7. The number of hydrogen-bond donors (Lipinski definition) is 2. The van der Waals surface area contributed by atoms with Crippen LogP contribution in [0.5, 0.6) is 0 Å². The molecule has 9 heteroatoms. The lowest BCUT2D eigenvalue weighted by Crippen LogP contribution is -2.06. The van der Waals surface area contributed by atoms with Gasteiger partial charge in [0.1, 0.15) is 11.5 Å². The summed E-state index contributed by atoms with van der Waals surface area (Å²) in [6, 6.07) is 3.88. The summed E-state index contributed by atoms with van der Waals surface area (Å²) in [7, 11) is 0. The van der Waals surface area contributed by atoms with E-state index in [0.717, 1.165) is 59.5 Å². The molecule has 0 amide bonds. The molecule has 0 saturated heterocycles. The molecular weight excluding hydrogens is 410 g/mol. The molecule has 4 aromatic rings. The van der Waals surface area contributed by atoms with Gasteiger partial charge in [-0.3, -0.25) is 0 Å². The van der Waals surface area contributed by atoms with E-state index in [1.165, 1.54) is 17.7 Å². The van der Waals surface area contributed by atoms with Crippen molar-refractivity contribution in [1.82, 2.24) is 29.3 Å². The predicted octanol–water partition coefficient (Wildman–Crippen LogP) is 4.03. The predicted molar refractivity (Wildman–Crippen MR) is 121 cm³/mol. The SMILES string of the molecule is CCCn1nc2c(c1Nc1nc(-c3ccc(-n4cnc(C)c4)c(CO)n3)cs1)CCC2. The Kier molecular flexibility index (Phi) is 5.29. The molecule has 160 valence electrons. The van der Waals surface area contributed by atoms with Crippen LogP contribution >= 0.6 is 11.3 Å². The first-order chi connectivity index (χ1) is 15.2. The fourth-order valence-electron chi connectivity index (χ4n) is 4.05. The zero-order valence-corrected chi connectivity index (χ0v) is 18.5. The van der Waals surface area contributed by atoms with Gasteiger partial charge >= 0.3 is 0 Å².